The maximum atomic E-state index is 13.9. The van der Waals surface area contributed by atoms with Crippen LogP contribution in [0.1, 0.15) is 21.5 Å². The van der Waals surface area contributed by atoms with Crippen LogP contribution in [-0.2, 0) is 27.8 Å². The summed E-state index contributed by atoms with van der Waals surface area (Å²) in [5.74, 6) is -0.359. The number of nitrogens with zero attached hydrogens (tertiary/aromatic N) is 1. The predicted molar refractivity (Wildman–Crippen MR) is 159 cm³/mol. The number of benzene rings is 4. The van der Waals surface area contributed by atoms with Gasteiger partial charge < -0.3 is 19.7 Å². The van der Waals surface area contributed by atoms with Crippen LogP contribution < -0.4 is 24.4 Å². The summed E-state index contributed by atoms with van der Waals surface area (Å²) in [7, 11) is -2.64. The van der Waals surface area contributed by atoms with Crippen molar-refractivity contribution in [1.29, 1.82) is 0 Å². The lowest BCUT2D eigenvalue weighted by atomic mass is 10.1. The Bertz CT molecular complexity index is 1660. The molecule has 0 aromatic heterocycles. The number of carbonyl (C=O) groups excluding carboxylic acids is 2. The number of carbonyl (C=O) groups is 2. The maximum Gasteiger partial charge on any atom is 0.263 e. The molecular formula is C32H31N3O6S. The Morgan fingerprint density at radius 2 is 1.57 bits per heavy atom. The summed E-state index contributed by atoms with van der Waals surface area (Å²) < 4.78 is 40.5. The molecule has 216 valence electrons. The Balaban J connectivity index is 1.36. The largest absolute Gasteiger partial charge is 0.495 e. The number of anilines is 1. The lowest BCUT2D eigenvalue weighted by molar-refractivity contribution is -0.128. The SMILES string of the molecule is COc1ccc(C(=O)N2CC(C(=O)NCc3ccccc3)Oc3ccccc32)cc1S(=O)(=O)NCCc1ccccc1. The van der Waals surface area contributed by atoms with E-state index in [2.05, 4.69) is 10.0 Å². The van der Waals surface area contributed by atoms with Crippen molar-refractivity contribution in [1.82, 2.24) is 10.0 Å². The lowest BCUT2D eigenvalue weighted by Gasteiger charge is -2.34. The average molecular weight is 586 g/mol. The van der Waals surface area contributed by atoms with E-state index in [1.54, 1.807) is 24.3 Å². The Morgan fingerprint density at radius 1 is 0.905 bits per heavy atom. The Kier molecular flexibility index (Phi) is 8.85. The highest BCUT2D eigenvalue weighted by molar-refractivity contribution is 7.89. The topological polar surface area (TPSA) is 114 Å². The number of hydrogen-bond donors (Lipinski definition) is 2. The van der Waals surface area contributed by atoms with Crippen LogP contribution in [0, 0.1) is 0 Å². The van der Waals surface area contributed by atoms with Gasteiger partial charge in [-0.05, 0) is 47.9 Å². The zero-order valence-corrected chi connectivity index (χ0v) is 23.8. The van der Waals surface area contributed by atoms with E-state index in [1.807, 2.05) is 60.7 Å². The number of amides is 2. The molecule has 1 heterocycles. The van der Waals surface area contributed by atoms with E-state index in [1.165, 1.54) is 30.2 Å². The fraction of sp³-hybridized carbons (Fsp3) is 0.188. The molecule has 0 spiro atoms. The van der Waals surface area contributed by atoms with Gasteiger partial charge in [-0.2, -0.15) is 0 Å². The van der Waals surface area contributed by atoms with Gasteiger partial charge in [0.1, 0.15) is 16.4 Å². The second kappa shape index (κ2) is 12.9. The van der Waals surface area contributed by atoms with E-state index in [4.69, 9.17) is 9.47 Å². The van der Waals surface area contributed by atoms with Gasteiger partial charge in [-0.15, -0.1) is 0 Å². The normalized spacial score (nSPS) is 14.4. The van der Waals surface area contributed by atoms with Crippen LogP contribution in [-0.4, -0.2) is 46.5 Å². The number of rotatable bonds is 10. The fourth-order valence-electron chi connectivity index (χ4n) is 4.69. The molecule has 9 nitrogen and oxygen atoms in total. The van der Waals surface area contributed by atoms with Crippen LogP contribution in [0.15, 0.2) is 108 Å². The number of ether oxygens (including phenoxy) is 2. The zero-order valence-electron chi connectivity index (χ0n) is 23.0. The molecule has 0 aliphatic carbocycles. The van der Waals surface area contributed by atoms with E-state index in [0.29, 0.717) is 24.4 Å². The molecule has 0 bridgehead atoms. The minimum absolute atomic E-state index is 0.0556. The summed E-state index contributed by atoms with van der Waals surface area (Å²) in [5, 5.41) is 2.87. The number of sulfonamides is 1. The molecule has 1 atom stereocenters. The van der Waals surface area contributed by atoms with Crippen LogP contribution in [0.25, 0.3) is 0 Å². The van der Waals surface area contributed by atoms with E-state index in [9.17, 15) is 18.0 Å². The molecule has 0 fully saturated rings. The van der Waals surface area contributed by atoms with E-state index in [0.717, 1.165) is 11.1 Å². The quantitative estimate of drug-likeness (QED) is 0.292. The molecule has 1 unspecified atom stereocenters. The second-order valence-corrected chi connectivity index (χ2v) is 11.4. The van der Waals surface area contributed by atoms with Gasteiger partial charge in [0.15, 0.2) is 6.10 Å². The maximum absolute atomic E-state index is 13.9. The third-order valence-electron chi connectivity index (χ3n) is 6.87. The summed E-state index contributed by atoms with van der Waals surface area (Å²) in [4.78, 5) is 28.2. The highest BCUT2D eigenvalue weighted by Crippen LogP contribution is 2.35. The third kappa shape index (κ3) is 6.62. The summed E-state index contributed by atoms with van der Waals surface area (Å²) in [6.45, 7) is 0.427. The third-order valence-corrected chi connectivity index (χ3v) is 8.35. The predicted octanol–water partition coefficient (Wildman–Crippen LogP) is 3.94. The van der Waals surface area contributed by atoms with Gasteiger partial charge in [0.05, 0.1) is 19.3 Å². The van der Waals surface area contributed by atoms with Gasteiger partial charge in [-0.3, -0.25) is 9.59 Å². The number of nitrogens with one attached hydrogen (secondary N) is 2. The molecule has 5 rings (SSSR count). The van der Waals surface area contributed by atoms with Gasteiger partial charge in [0.2, 0.25) is 10.0 Å². The van der Waals surface area contributed by atoms with E-state index >= 15 is 0 Å². The second-order valence-electron chi connectivity index (χ2n) is 9.69. The zero-order chi connectivity index (χ0) is 29.5. The van der Waals surface area contributed by atoms with Gasteiger partial charge in [0.25, 0.3) is 11.8 Å². The standard InChI is InChI=1S/C32H31N3O6S/c1-40-28-17-16-25(20-30(28)42(38,39)34-19-18-23-10-4-2-5-11-23)32(37)35-22-29(41-27-15-9-8-14-26(27)35)31(36)33-21-24-12-6-3-7-13-24/h2-17,20,29,34H,18-19,21-22H2,1H3,(H,33,36). The minimum Gasteiger partial charge on any atom is -0.495 e. The van der Waals surface area contributed by atoms with Crippen LogP contribution in [0.2, 0.25) is 0 Å². The first-order valence-corrected chi connectivity index (χ1v) is 14.9. The first-order chi connectivity index (χ1) is 20.4. The monoisotopic (exact) mass is 585 g/mol. The van der Waals surface area contributed by atoms with E-state index < -0.39 is 22.0 Å². The van der Waals surface area contributed by atoms with Crippen molar-refractivity contribution in [2.75, 3.05) is 25.1 Å². The molecule has 2 N–H and O–H groups in total. The number of methoxy groups -OCH3 is 1. The van der Waals surface area contributed by atoms with Gasteiger partial charge in [-0.1, -0.05) is 72.8 Å². The number of fused-ring (bicyclic) bond motifs is 1. The van der Waals surface area contributed by atoms with Crippen molar-refractivity contribution in [3.8, 4) is 11.5 Å². The van der Waals surface area contributed by atoms with Crippen molar-refractivity contribution in [3.63, 3.8) is 0 Å². The molecule has 4 aromatic carbocycles. The van der Waals surface area contributed by atoms with Crippen LogP contribution in [0.3, 0.4) is 0 Å². The summed E-state index contributed by atoms with van der Waals surface area (Å²) in [6, 6.07) is 30.2. The number of hydrogen-bond acceptors (Lipinski definition) is 6. The molecule has 2 amide bonds. The lowest BCUT2D eigenvalue weighted by Crippen LogP contribution is -2.50. The smallest absolute Gasteiger partial charge is 0.263 e. The van der Waals surface area contributed by atoms with Crippen LogP contribution in [0.4, 0.5) is 5.69 Å². The highest BCUT2D eigenvalue weighted by Gasteiger charge is 2.35. The van der Waals surface area contributed by atoms with Crippen LogP contribution in [0.5, 0.6) is 11.5 Å². The van der Waals surface area contributed by atoms with Crippen molar-refractivity contribution in [2.45, 2.75) is 24.0 Å². The minimum atomic E-state index is -4.01. The Hall–Kier alpha value is -4.67. The van der Waals surface area contributed by atoms with Gasteiger partial charge in [0, 0.05) is 18.7 Å². The average Bonchev–Trinajstić information content (AvgIpc) is 3.03. The molecular weight excluding hydrogens is 554 g/mol. The fourth-order valence-corrected chi connectivity index (χ4v) is 5.91. The Morgan fingerprint density at radius 3 is 2.29 bits per heavy atom. The summed E-state index contributed by atoms with van der Waals surface area (Å²) >= 11 is 0. The summed E-state index contributed by atoms with van der Waals surface area (Å²) in [5.41, 5.74) is 2.53. The molecule has 0 saturated heterocycles. The van der Waals surface area contributed by atoms with Crippen molar-refractivity contribution < 1.29 is 27.5 Å². The summed E-state index contributed by atoms with van der Waals surface area (Å²) in [6.07, 6.45) is -0.465. The molecule has 0 saturated carbocycles. The van der Waals surface area contributed by atoms with Crippen molar-refractivity contribution >= 4 is 27.5 Å². The number of para-hydroxylation sites is 2. The first-order valence-electron chi connectivity index (χ1n) is 13.5. The van der Waals surface area contributed by atoms with Crippen molar-refractivity contribution in [3.05, 3.63) is 120 Å². The van der Waals surface area contributed by atoms with Crippen molar-refractivity contribution in [2.24, 2.45) is 0 Å². The molecule has 1 aliphatic rings. The van der Waals surface area contributed by atoms with Gasteiger partial charge in [-0.25, -0.2) is 13.1 Å². The first kappa shape index (κ1) is 28.8. The molecule has 0 radical (unpaired) electrons. The molecule has 10 heteroatoms. The van der Waals surface area contributed by atoms with Crippen LogP contribution >= 0.6 is 0 Å². The molecule has 1 aliphatic heterocycles. The van der Waals surface area contributed by atoms with E-state index in [-0.39, 0.29) is 35.2 Å². The molecule has 4 aromatic rings. The molecule has 42 heavy (non-hydrogen) atoms. The highest BCUT2D eigenvalue weighted by atomic mass is 32.2. The Labute approximate surface area is 245 Å². The van der Waals surface area contributed by atoms with Gasteiger partial charge >= 0.3 is 0 Å².